The van der Waals surface area contributed by atoms with Crippen molar-refractivity contribution in [3.8, 4) is 11.1 Å². The van der Waals surface area contributed by atoms with Crippen molar-refractivity contribution in [1.29, 1.82) is 0 Å². The minimum atomic E-state index is -0.0213. The van der Waals surface area contributed by atoms with E-state index in [0.717, 1.165) is 28.2 Å². The van der Waals surface area contributed by atoms with Gasteiger partial charge in [0.2, 0.25) is 5.91 Å². The van der Waals surface area contributed by atoms with E-state index in [-0.39, 0.29) is 5.91 Å². The maximum Gasteiger partial charge on any atom is 0.225 e. The van der Waals surface area contributed by atoms with Gasteiger partial charge in [0, 0.05) is 31.4 Å². The number of hydrogen-bond acceptors (Lipinski definition) is 3. The first-order chi connectivity index (χ1) is 11.6. The highest BCUT2D eigenvalue weighted by atomic mass is 16.1. The first-order valence-corrected chi connectivity index (χ1v) is 7.93. The molecule has 0 spiro atoms. The third-order valence-electron chi connectivity index (χ3n) is 3.93. The van der Waals surface area contributed by atoms with Crippen LogP contribution < -0.4 is 5.32 Å². The van der Waals surface area contributed by atoms with E-state index >= 15 is 0 Å². The van der Waals surface area contributed by atoms with Crippen molar-refractivity contribution in [2.75, 3.05) is 5.32 Å². The summed E-state index contributed by atoms with van der Waals surface area (Å²) in [4.78, 5) is 16.4. The number of amides is 1. The molecule has 5 nitrogen and oxygen atoms in total. The second kappa shape index (κ2) is 7.08. The van der Waals surface area contributed by atoms with Crippen molar-refractivity contribution < 1.29 is 4.79 Å². The third-order valence-corrected chi connectivity index (χ3v) is 3.93. The van der Waals surface area contributed by atoms with Gasteiger partial charge >= 0.3 is 0 Å². The van der Waals surface area contributed by atoms with E-state index in [0.29, 0.717) is 12.8 Å². The summed E-state index contributed by atoms with van der Waals surface area (Å²) >= 11 is 0. The maximum absolute atomic E-state index is 12.4. The largest absolute Gasteiger partial charge is 0.310 e. The Morgan fingerprint density at radius 1 is 1.12 bits per heavy atom. The molecule has 3 aromatic rings. The molecule has 0 bridgehead atoms. The number of carbonyl (C=O) groups is 1. The van der Waals surface area contributed by atoms with Crippen LogP contribution in [0.2, 0.25) is 0 Å². The minimum absolute atomic E-state index is 0.0213. The zero-order chi connectivity index (χ0) is 16.9. The monoisotopic (exact) mass is 320 g/mol. The zero-order valence-corrected chi connectivity index (χ0v) is 13.9. The van der Waals surface area contributed by atoms with E-state index < -0.39 is 0 Å². The quantitative estimate of drug-likeness (QED) is 0.784. The molecule has 2 heterocycles. The van der Waals surface area contributed by atoms with E-state index in [4.69, 9.17) is 0 Å². The van der Waals surface area contributed by atoms with Crippen LogP contribution in [0.4, 0.5) is 5.82 Å². The Hall–Kier alpha value is -2.95. The van der Waals surface area contributed by atoms with Crippen molar-refractivity contribution in [2.45, 2.75) is 19.8 Å². The molecule has 2 aromatic heterocycles. The van der Waals surface area contributed by atoms with Crippen molar-refractivity contribution in [1.82, 2.24) is 14.8 Å². The molecule has 0 radical (unpaired) electrons. The van der Waals surface area contributed by atoms with E-state index in [2.05, 4.69) is 15.4 Å². The van der Waals surface area contributed by atoms with Gasteiger partial charge in [-0.1, -0.05) is 30.3 Å². The number of rotatable bonds is 5. The summed E-state index contributed by atoms with van der Waals surface area (Å²) in [5, 5.41) is 7.47. The molecule has 0 aliphatic rings. The van der Waals surface area contributed by atoms with Crippen LogP contribution in [0.5, 0.6) is 0 Å². The van der Waals surface area contributed by atoms with Crippen molar-refractivity contribution in [2.24, 2.45) is 7.05 Å². The van der Waals surface area contributed by atoms with E-state index in [1.165, 1.54) is 0 Å². The van der Waals surface area contributed by atoms with Gasteiger partial charge < -0.3 is 5.32 Å². The molecule has 0 saturated carbocycles. The zero-order valence-electron chi connectivity index (χ0n) is 13.9. The Morgan fingerprint density at radius 3 is 2.54 bits per heavy atom. The number of pyridine rings is 1. The summed E-state index contributed by atoms with van der Waals surface area (Å²) in [5.41, 5.74) is 4.01. The first-order valence-electron chi connectivity index (χ1n) is 7.93. The lowest BCUT2D eigenvalue weighted by Crippen LogP contribution is -2.15. The van der Waals surface area contributed by atoms with Crippen LogP contribution in [-0.4, -0.2) is 20.7 Å². The van der Waals surface area contributed by atoms with Gasteiger partial charge in [0.05, 0.1) is 5.69 Å². The van der Waals surface area contributed by atoms with Crippen LogP contribution in [0.1, 0.15) is 17.7 Å². The summed E-state index contributed by atoms with van der Waals surface area (Å²) in [6.07, 6.45) is 4.59. The lowest BCUT2D eigenvalue weighted by molar-refractivity contribution is -0.116. The van der Waals surface area contributed by atoms with Gasteiger partial charge in [-0.25, -0.2) is 0 Å². The molecule has 1 aromatic carbocycles. The van der Waals surface area contributed by atoms with Gasteiger partial charge in [-0.05, 0) is 36.6 Å². The summed E-state index contributed by atoms with van der Waals surface area (Å²) < 4.78 is 1.72. The number of nitrogens with zero attached hydrogens (tertiary/aromatic N) is 3. The molecule has 122 valence electrons. The second-order valence-electron chi connectivity index (χ2n) is 5.70. The minimum Gasteiger partial charge on any atom is -0.310 e. The molecule has 1 amide bonds. The number of aryl methyl sites for hydroxylation is 3. The Bertz CT molecular complexity index is 825. The predicted molar refractivity (Wildman–Crippen MR) is 94.6 cm³/mol. The Morgan fingerprint density at radius 2 is 1.83 bits per heavy atom. The molecule has 0 aliphatic heterocycles. The molecular formula is C19H20N4O. The van der Waals surface area contributed by atoms with Gasteiger partial charge in [-0.15, -0.1) is 0 Å². The Balaban J connectivity index is 1.76. The summed E-state index contributed by atoms with van der Waals surface area (Å²) in [6, 6.07) is 13.8. The van der Waals surface area contributed by atoms with Crippen LogP contribution in [-0.2, 0) is 18.3 Å². The number of benzene rings is 1. The second-order valence-corrected chi connectivity index (χ2v) is 5.70. The normalized spacial score (nSPS) is 10.6. The van der Waals surface area contributed by atoms with Crippen LogP contribution >= 0.6 is 0 Å². The highest BCUT2D eigenvalue weighted by Crippen LogP contribution is 2.30. The van der Waals surface area contributed by atoms with Crippen molar-refractivity contribution >= 4 is 11.7 Å². The lowest BCUT2D eigenvalue weighted by atomic mass is 10.1. The molecule has 0 aliphatic carbocycles. The van der Waals surface area contributed by atoms with Gasteiger partial charge in [-0.2, -0.15) is 5.10 Å². The van der Waals surface area contributed by atoms with E-state index in [1.807, 2.05) is 56.4 Å². The van der Waals surface area contributed by atoms with Crippen molar-refractivity contribution in [3.05, 3.63) is 66.1 Å². The fourth-order valence-corrected chi connectivity index (χ4v) is 2.75. The lowest BCUT2D eigenvalue weighted by Gasteiger charge is -2.09. The highest BCUT2D eigenvalue weighted by molar-refractivity contribution is 5.94. The summed E-state index contributed by atoms with van der Waals surface area (Å²) in [7, 11) is 1.85. The van der Waals surface area contributed by atoms with Gasteiger partial charge in [-0.3, -0.25) is 14.5 Å². The molecule has 0 fully saturated rings. The van der Waals surface area contributed by atoms with Gasteiger partial charge in [0.1, 0.15) is 5.82 Å². The fourth-order valence-electron chi connectivity index (χ4n) is 2.75. The molecule has 5 heteroatoms. The van der Waals surface area contributed by atoms with E-state index in [1.54, 1.807) is 17.1 Å². The predicted octanol–water partition coefficient (Wildman–Crippen LogP) is 3.36. The highest BCUT2D eigenvalue weighted by Gasteiger charge is 2.17. The topological polar surface area (TPSA) is 59.8 Å². The number of nitrogens with one attached hydrogen (secondary N) is 1. The van der Waals surface area contributed by atoms with Crippen molar-refractivity contribution in [3.63, 3.8) is 0 Å². The van der Waals surface area contributed by atoms with Crippen LogP contribution in [0.3, 0.4) is 0 Å². The maximum atomic E-state index is 12.4. The number of aromatic nitrogens is 3. The molecule has 0 unspecified atom stereocenters. The molecule has 24 heavy (non-hydrogen) atoms. The molecule has 0 saturated heterocycles. The molecule has 3 rings (SSSR count). The van der Waals surface area contributed by atoms with E-state index in [9.17, 15) is 4.79 Å². The molecule has 1 N–H and O–H groups in total. The number of anilines is 1. The number of carbonyl (C=O) groups excluding carboxylic acids is 1. The Kier molecular flexibility index (Phi) is 4.70. The van der Waals surface area contributed by atoms with Crippen LogP contribution in [0.25, 0.3) is 11.1 Å². The third kappa shape index (κ3) is 3.51. The smallest absolute Gasteiger partial charge is 0.225 e. The van der Waals surface area contributed by atoms with Crippen LogP contribution in [0.15, 0.2) is 54.9 Å². The molecular weight excluding hydrogens is 300 g/mol. The average molecular weight is 320 g/mol. The SMILES string of the molecule is Cc1nn(C)c(NC(=O)CCc2ccncc2)c1-c1ccccc1. The number of hydrogen-bond donors (Lipinski definition) is 1. The summed E-state index contributed by atoms with van der Waals surface area (Å²) in [6.45, 7) is 1.95. The first kappa shape index (κ1) is 15.9. The summed E-state index contributed by atoms with van der Waals surface area (Å²) in [5.74, 6) is 0.713. The van der Waals surface area contributed by atoms with Gasteiger partial charge in [0.15, 0.2) is 0 Å². The molecule has 0 atom stereocenters. The fraction of sp³-hybridized carbons (Fsp3) is 0.211. The standard InChI is InChI=1S/C19H20N4O/c1-14-18(16-6-4-3-5-7-16)19(23(2)22-14)21-17(24)9-8-15-10-12-20-13-11-15/h3-7,10-13H,8-9H2,1-2H3,(H,21,24). The average Bonchev–Trinajstić information content (AvgIpc) is 2.88. The van der Waals surface area contributed by atoms with Crippen LogP contribution in [0, 0.1) is 6.92 Å². The Labute approximate surface area is 141 Å². The van der Waals surface area contributed by atoms with Gasteiger partial charge in [0.25, 0.3) is 0 Å².